The van der Waals surface area contributed by atoms with Gasteiger partial charge in [-0.05, 0) is 56.7 Å². The van der Waals surface area contributed by atoms with Crippen LogP contribution in [-0.2, 0) is 4.84 Å². The second kappa shape index (κ2) is 7.29. The molecule has 1 unspecified atom stereocenters. The molecule has 0 aromatic heterocycles. The molecule has 2 aliphatic heterocycles. The van der Waals surface area contributed by atoms with Crippen LogP contribution in [0.5, 0.6) is 11.5 Å². The first-order chi connectivity index (χ1) is 13.1. The highest BCUT2D eigenvalue weighted by molar-refractivity contribution is 6.02. The Labute approximate surface area is 158 Å². The highest BCUT2D eigenvalue weighted by Gasteiger charge is 2.44. The molecule has 27 heavy (non-hydrogen) atoms. The van der Waals surface area contributed by atoms with Gasteiger partial charge in [0.15, 0.2) is 17.1 Å². The molecule has 0 radical (unpaired) electrons. The molecule has 1 aromatic rings. The number of rotatable bonds is 4. The number of piperidine rings is 1. The number of nitrogens with zero attached hydrogens (tertiary/aromatic N) is 2. The number of hydrogen-bond donors (Lipinski definition) is 1. The number of amides is 1. The summed E-state index contributed by atoms with van der Waals surface area (Å²) in [5.41, 5.74) is 1.23. The summed E-state index contributed by atoms with van der Waals surface area (Å²) in [5.74, 6) is 1.45. The van der Waals surface area contributed by atoms with E-state index in [2.05, 4.69) is 5.16 Å². The molecule has 4 rings (SSSR count). The zero-order valence-electron chi connectivity index (χ0n) is 15.6. The van der Waals surface area contributed by atoms with Crippen LogP contribution in [0.4, 0.5) is 4.79 Å². The van der Waals surface area contributed by atoms with Crippen molar-refractivity contribution in [1.29, 1.82) is 0 Å². The second-order valence-corrected chi connectivity index (χ2v) is 7.69. The van der Waals surface area contributed by atoms with Gasteiger partial charge in [-0.2, -0.15) is 0 Å². The van der Waals surface area contributed by atoms with Crippen molar-refractivity contribution in [3.8, 4) is 11.5 Å². The molecule has 1 spiro atoms. The van der Waals surface area contributed by atoms with Crippen LogP contribution in [0.3, 0.4) is 0 Å². The van der Waals surface area contributed by atoms with Crippen LogP contribution in [0.15, 0.2) is 23.4 Å². The van der Waals surface area contributed by atoms with E-state index in [0.717, 1.165) is 48.5 Å². The number of benzene rings is 1. The normalized spacial score (nSPS) is 25.4. The zero-order valence-corrected chi connectivity index (χ0v) is 15.6. The Balaban J connectivity index is 1.51. The fraction of sp³-hybridized carbons (Fsp3) is 0.600. The molecule has 3 aliphatic rings. The summed E-state index contributed by atoms with van der Waals surface area (Å²) in [6.45, 7) is 0.911. The maximum atomic E-state index is 11.3. The van der Waals surface area contributed by atoms with Gasteiger partial charge in [0.25, 0.3) is 0 Å². The number of ether oxygens (including phenoxy) is 2. The Kier molecular flexibility index (Phi) is 4.85. The molecule has 1 aromatic carbocycles. The average Bonchev–Trinajstić information content (AvgIpc) is 3.32. The third-order valence-corrected chi connectivity index (χ3v) is 5.74. The van der Waals surface area contributed by atoms with E-state index in [0.29, 0.717) is 19.5 Å². The Bertz CT molecular complexity index is 744. The average molecular weight is 374 g/mol. The van der Waals surface area contributed by atoms with Crippen LogP contribution in [-0.4, -0.2) is 53.7 Å². The van der Waals surface area contributed by atoms with Gasteiger partial charge in [-0.3, -0.25) is 0 Å². The largest absolute Gasteiger partial charge is 0.493 e. The monoisotopic (exact) mass is 374 g/mol. The summed E-state index contributed by atoms with van der Waals surface area (Å²) in [6, 6.07) is 5.83. The molecule has 1 saturated carbocycles. The number of methoxy groups -OCH3 is 1. The van der Waals surface area contributed by atoms with Crippen molar-refractivity contribution < 1.29 is 24.2 Å². The first kappa shape index (κ1) is 17.9. The van der Waals surface area contributed by atoms with Gasteiger partial charge in [0, 0.05) is 18.5 Å². The molecule has 7 nitrogen and oxygen atoms in total. The third-order valence-electron chi connectivity index (χ3n) is 5.74. The van der Waals surface area contributed by atoms with Crippen molar-refractivity contribution in [3.63, 3.8) is 0 Å². The van der Waals surface area contributed by atoms with Gasteiger partial charge >= 0.3 is 6.09 Å². The number of carbonyl (C=O) groups is 1. The van der Waals surface area contributed by atoms with Crippen molar-refractivity contribution in [1.82, 2.24) is 4.90 Å². The van der Waals surface area contributed by atoms with Gasteiger partial charge < -0.3 is 24.3 Å². The minimum atomic E-state index is -0.900. The molecular formula is C20H26N2O5. The second-order valence-electron chi connectivity index (χ2n) is 7.69. The van der Waals surface area contributed by atoms with Gasteiger partial charge in [-0.25, -0.2) is 4.79 Å². The van der Waals surface area contributed by atoms with Crippen LogP contribution in [0.25, 0.3) is 0 Å². The fourth-order valence-corrected chi connectivity index (χ4v) is 4.29. The number of hydrogen-bond acceptors (Lipinski definition) is 5. The first-order valence-corrected chi connectivity index (χ1v) is 9.67. The molecule has 1 N–H and O–H groups in total. The van der Waals surface area contributed by atoms with Crippen molar-refractivity contribution in [2.75, 3.05) is 20.2 Å². The lowest BCUT2D eigenvalue weighted by atomic mass is 9.87. The van der Waals surface area contributed by atoms with Crippen LogP contribution in [0.1, 0.15) is 50.5 Å². The SMILES string of the molecule is COc1ccc(C2=NOC3(CCCN(C(=O)O)C3)C2)cc1OC1CCCC1. The molecule has 1 atom stereocenters. The quantitative estimate of drug-likeness (QED) is 0.870. The Morgan fingerprint density at radius 2 is 2.11 bits per heavy atom. The number of carboxylic acid groups (broad SMARTS) is 1. The lowest BCUT2D eigenvalue weighted by Crippen LogP contribution is -2.50. The molecule has 1 aliphatic carbocycles. The number of oxime groups is 1. The maximum absolute atomic E-state index is 11.3. The first-order valence-electron chi connectivity index (χ1n) is 9.67. The molecule has 0 bridgehead atoms. The van der Waals surface area contributed by atoms with Crippen molar-refractivity contribution in [2.45, 2.75) is 56.7 Å². The van der Waals surface area contributed by atoms with E-state index in [-0.39, 0.29) is 6.10 Å². The van der Waals surface area contributed by atoms with Gasteiger partial charge in [-0.15, -0.1) is 0 Å². The highest BCUT2D eigenvalue weighted by atomic mass is 16.7. The maximum Gasteiger partial charge on any atom is 0.407 e. The molecule has 7 heteroatoms. The lowest BCUT2D eigenvalue weighted by molar-refractivity contribution is -0.0631. The highest BCUT2D eigenvalue weighted by Crippen LogP contribution is 2.37. The number of likely N-dealkylation sites (tertiary alicyclic amines) is 1. The minimum Gasteiger partial charge on any atom is -0.493 e. The van der Waals surface area contributed by atoms with E-state index in [9.17, 15) is 9.90 Å². The molecule has 1 saturated heterocycles. The zero-order chi connectivity index (χ0) is 18.9. The van der Waals surface area contributed by atoms with Crippen LogP contribution in [0.2, 0.25) is 0 Å². The van der Waals surface area contributed by atoms with Crippen LogP contribution in [0, 0.1) is 0 Å². The standard InChI is InChI=1S/C20H26N2O5/c1-25-17-8-7-14(11-18(17)26-15-5-2-3-6-15)16-12-20(27-21-16)9-4-10-22(13-20)19(23)24/h7-8,11,15H,2-6,9-10,12-13H2,1H3,(H,23,24). The van der Waals surface area contributed by atoms with Crippen LogP contribution >= 0.6 is 0 Å². The van der Waals surface area contributed by atoms with Gasteiger partial charge in [-0.1, -0.05) is 5.16 Å². The van der Waals surface area contributed by atoms with E-state index in [1.165, 1.54) is 17.7 Å². The molecule has 146 valence electrons. The fourth-order valence-electron chi connectivity index (χ4n) is 4.29. The smallest absolute Gasteiger partial charge is 0.407 e. The Hall–Kier alpha value is -2.44. The lowest BCUT2D eigenvalue weighted by Gasteiger charge is -2.36. The van der Waals surface area contributed by atoms with E-state index in [4.69, 9.17) is 14.3 Å². The van der Waals surface area contributed by atoms with Crippen molar-refractivity contribution in [3.05, 3.63) is 23.8 Å². The molecule has 1 amide bonds. The molecular weight excluding hydrogens is 348 g/mol. The van der Waals surface area contributed by atoms with E-state index >= 15 is 0 Å². The van der Waals surface area contributed by atoms with Crippen molar-refractivity contribution in [2.24, 2.45) is 5.16 Å². The van der Waals surface area contributed by atoms with E-state index in [1.54, 1.807) is 7.11 Å². The summed E-state index contributed by atoms with van der Waals surface area (Å²) in [5, 5.41) is 13.6. The summed E-state index contributed by atoms with van der Waals surface area (Å²) in [6.07, 6.45) is 6.10. The Morgan fingerprint density at radius 1 is 1.30 bits per heavy atom. The van der Waals surface area contributed by atoms with Crippen molar-refractivity contribution >= 4 is 11.8 Å². The Morgan fingerprint density at radius 3 is 2.85 bits per heavy atom. The topological polar surface area (TPSA) is 80.6 Å². The minimum absolute atomic E-state index is 0.240. The molecule has 2 fully saturated rings. The van der Waals surface area contributed by atoms with E-state index < -0.39 is 11.7 Å². The summed E-state index contributed by atoms with van der Waals surface area (Å²) < 4.78 is 11.6. The third kappa shape index (κ3) is 3.68. The summed E-state index contributed by atoms with van der Waals surface area (Å²) >= 11 is 0. The summed E-state index contributed by atoms with van der Waals surface area (Å²) in [4.78, 5) is 18.5. The van der Waals surface area contributed by atoms with Gasteiger partial charge in [0.1, 0.15) is 0 Å². The predicted molar refractivity (Wildman–Crippen MR) is 99.7 cm³/mol. The van der Waals surface area contributed by atoms with Gasteiger partial charge in [0.05, 0.1) is 25.5 Å². The van der Waals surface area contributed by atoms with E-state index in [1.807, 2.05) is 18.2 Å². The van der Waals surface area contributed by atoms with Gasteiger partial charge in [0.2, 0.25) is 0 Å². The van der Waals surface area contributed by atoms with Crippen LogP contribution < -0.4 is 9.47 Å². The predicted octanol–water partition coefficient (Wildman–Crippen LogP) is 3.65. The molecule has 2 heterocycles. The summed E-state index contributed by atoms with van der Waals surface area (Å²) in [7, 11) is 1.64.